The Morgan fingerprint density at radius 2 is 2.30 bits per heavy atom. The molecular weight excluding hydrogens is 250 g/mol. The molecule has 1 heterocycles. The highest BCUT2D eigenvalue weighted by Gasteiger charge is 2.42. The fourth-order valence-electron chi connectivity index (χ4n) is 4.20. The Morgan fingerprint density at radius 1 is 1.50 bits per heavy atom. The number of aromatic nitrogens is 2. The van der Waals surface area contributed by atoms with E-state index in [4.69, 9.17) is 0 Å². The van der Waals surface area contributed by atoms with Crippen molar-refractivity contribution in [3.05, 3.63) is 17.5 Å². The van der Waals surface area contributed by atoms with Crippen molar-refractivity contribution in [2.45, 2.75) is 59.0 Å². The standard InChI is InChI=1S/C16H25N3O/c1-4-19-9-15(11(3)18-19)16(20)17-10(2)14-8-12-5-6-13(14)7-12/h9-10,12-14H,4-8H2,1-3H3,(H,17,20)/t10-,12+,13+,14-/m0/s1. The predicted octanol–water partition coefficient (Wildman–Crippen LogP) is 2.77. The van der Waals surface area contributed by atoms with Gasteiger partial charge in [-0.25, -0.2) is 0 Å². The van der Waals surface area contributed by atoms with Crippen LogP contribution in [-0.4, -0.2) is 21.7 Å². The molecule has 4 nitrogen and oxygen atoms in total. The van der Waals surface area contributed by atoms with Gasteiger partial charge in [-0.1, -0.05) is 6.42 Å². The number of nitrogens with zero attached hydrogens (tertiary/aromatic N) is 2. The minimum absolute atomic E-state index is 0.0393. The zero-order valence-corrected chi connectivity index (χ0v) is 12.7. The highest BCUT2D eigenvalue weighted by Crippen LogP contribution is 2.49. The van der Waals surface area contributed by atoms with Crippen molar-refractivity contribution in [3.8, 4) is 0 Å². The zero-order chi connectivity index (χ0) is 14.3. The van der Waals surface area contributed by atoms with Gasteiger partial charge in [0.25, 0.3) is 5.91 Å². The van der Waals surface area contributed by atoms with Crippen LogP contribution in [0.5, 0.6) is 0 Å². The molecule has 0 saturated heterocycles. The van der Waals surface area contributed by atoms with Gasteiger partial charge in [-0.3, -0.25) is 9.48 Å². The van der Waals surface area contributed by atoms with Crippen LogP contribution < -0.4 is 5.32 Å². The second-order valence-corrected chi connectivity index (χ2v) is 6.58. The molecule has 1 aromatic rings. The van der Waals surface area contributed by atoms with Crippen molar-refractivity contribution in [1.29, 1.82) is 0 Å². The Labute approximate surface area is 120 Å². The second kappa shape index (κ2) is 5.23. The van der Waals surface area contributed by atoms with Gasteiger partial charge in [0, 0.05) is 18.8 Å². The van der Waals surface area contributed by atoms with Crippen LogP contribution in [0, 0.1) is 24.7 Å². The lowest BCUT2D eigenvalue weighted by Gasteiger charge is -2.28. The summed E-state index contributed by atoms with van der Waals surface area (Å²) in [7, 11) is 0. The van der Waals surface area contributed by atoms with Crippen LogP contribution in [0.1, 0.15) is 55.6 Å². The number of rotatable bonds is 4. The van der Waals surface area contributed by atoms with Crippen molar-refractivity contribution in [3.63, 3.8) is 0 Å². The molecule has 2 bridgehead atoms. The summed E-state index contributed by atoms with van der Waals surface area (Å²) in [4.78, 5) is 12.4. The van der Waals surface area contributed by atoms with E-state index in [0.717, 1.165) is 29.6 Å². The topological polar surface area (TPSA) is 46.9 Å². The van der Waals surface area contributed by atoms with Gasteiger partial charge in [0.1, 0.15) is 0 Å². The van der Waals surface area contributed by atoms with Crippen LogP contribution >= 0.6 is 0 Å². The molecule has 2 fully saturated rings. The predicted molar refractivity (Wildman–Crippen MR) is 78.5 cm³/mol. The van der Waals surface area contributed by atoms with Gasteiger partial charge >= 0.3 is 0 Å². The van der Waals surface area contributed by atoms with E-state index in [1.165, 1.54) is 25.7 Å². The average molecular weight is 275 g/mol. The van der Waals surface area contributed by atoms with E-state index in [-0.39, 0.29) is 11.9 Å². The molecule has 110 valence electrons. The van der Waals surface area contributed by atoms with Gasteiger partial charge in [-0.15, -0.1) is 0 Å². The molecule has 20 heavy (non-hydrogen) atoms. The van der Waals surface area contributed by atoms with Crippen molar-refractivity contribution >= 4 is 5.91 Å². The maximum absolute atomic E-state index is 12.4. The zero-order valence-electron chi connectivity index (χ0n) is 12.7. The normalized spacial score (nSPS) is 29.6. The molecule has 0 radical (unpaired) electrons. The van der Waals surface area contributed by atoms with Gasteiger partial charge in [0.2, 0.25) is 0 Å². The molecule has 2 saturated carbocycles. The van der Waals surface area contributed by atoms with Crippen LogP contribution in [-0.2, 0) is 6.54 Å². The Balaban J connectivity index is 1.64. The van der Waals surface area contributed by atoms with E-state index >= 15 is 0 Å². The van der Waals surface area contributed by atoms with Gasteiger partial charge in [0.05, 0.1) is 11.3 Å². The third-order valence-corrected chi connectivity index (χ3v) is 5.31. The first-order valence-corrected chi connectivity index (χ1v) is 7.93. The van der Waals surface area contributed by atoms with Crippen LogP contribution in [0.25, 0.3) is 0 Å². The van der Waals surface area contributed by atoms with E-state index in [0.29, 0.717) is 5.92 Å². The Morgan fingerprint density at radius 3 is 2.85 bits per heavy atom. The molecule has 1 aromatic heterocycles. The number of carbonyl (C=O) groups excluding carboxylic acids is 1. The average Bonchev–Trinajstić information content (AvgIpc) is 3.12. The lowest BCUT2D eigenvalue weighted by atomic mass is 9.84. The summed E-state index contributed by atoms with van der Waals surface area (Å²) < 4.78 is 1.83. The molecule has 1 N–H and O–H groups in total. The molecule has 4 atom stereocenters. The summed E-state index contributed by atoms with van der Waals surface area (Å²) in [6, 6.07) is 0.280. The number of amides is 1. The maximum Gasteiger partial charge on any atom is 0.254 e. The first-order valence-electron chi connectivity index (χ1n) is 7.93. The number of fused-ring (bicyclic) bond motifs is 2. The SMILES string of the molecule is CCn1cc(C(=O)N[C@@H](C)[C@@H]2C[C@@H]3CC[C@@H]2C3)c(C)n1. The highest BCUT2D eigenvalue weighted by molar-refractivity contribution is 5.95. The number of hydrogen-bond acceptors (Lipinski definition) is 2. The Kier molecular flexibility index (Phi) is 3.57. The lowest BCUT2D eigenvalue weighted by molar-refractivity contribution is 0.0914. The van der Waals surface area contributed by atoms with Gasteiger partial charge < -0.3 is 5.32 Å². The van der Waals surface area contributed by atoms with Crippen molar-refractivity contribution in [2.24, 2.45) is 17.8 Å². The largest absolute Gasteiger partial charge is 0.349 e. The summed E-state index contributed by atoms with van der Waals surface area (Å²) in [6.45, 7) is 6.91. The molecule has 0 unspecified atom stereocenters. The van der Waals surface area contributed by atoms with Crippen LogP contribution in [0.15, 0.2) is 6.20 Å². The summed E-state index contributed by atoms with van der Waals surface area (Å²) >= 11 is 0. The fourth-order valence-corrected chi connectivity index (χ4v) is 4.20. The third-order valence-electron chi connectivity index (χ3n) is 5.31. The molecule has 3 rings (SSSR count). The van der Waals surface area contributed by atoms with E-state index < -0.39 is 0 Å². The summed E-state index contributed by atoms with van der Waals surface area (Å²) in [6.07, 6.45) is 7.32. The minimum Gasteiger partial charge on any atom is -0.349 e. The van der Waals surface area contributed by atoms with Gasteiger partial charge in [-0.2, -0.15) is 5.10 Å². The quantitative estimate of drug-likeness (QED) is 0.918. The van der Waals surface area contributed by atoms with Crippen molar-refractivity contribution < 1.29 is 4.79 Å². The Hall–Kier alpha value is -1.32. The van der Waals surface area contributed by atoms with Gasteiger partial charge in [-0.05, 0) is 57.8 Å². The molecule has 0 aromatic carbocycles. The third kappa shape index (κ3) is 2.36. The Bertz CT molecular complexity index is 508. The van der Waals surface area contributed by atoms with Crippen molar-refractivity contribution in [2.75, 3.05) is 0 Å². The smallest absolute Gasteiger partial charge is 0.254 e. The number of carbonyl (C=O) groups is 1. The fraction of sp³-hybridized carbons (Fsp3) is 0.750. The minimum atomic E-state index is 0.0393. The monoisotopic (exact) mass is 275 g/mol. The highest BCUT2D eigenvalue weighted by atomic mass is 16.1. The van der Waals surface area contributed by atoms with Crippen LogP contribution in [0.2, 0.25) is 0 Å². The second-order valence-electron chi connectivity index (χ2n) is 6.58. The molecule has 4 heteroatoms. The number of hydrogen-bond donors (Lipinski definition) is 1. The lowest BCUT2D eigenvalue weighted by Crippen LogP contribution is -2.40. The molecule has 2 aliphatic carbocycles. The van der Waals surface area contributed by atoms with E-state index in [1.807, 2.05) is 24.7 Å². The molecule has 1 amide bonds. The maximum atomic E-state index is 12.4. The van der Waals surface area contributed by atoms with E-state index in [2.05, 4.69) is 17.3 Å². The molecule has 0 aliphatic heterocycles. The summed E-state index contributed by atoms with van der Waals surface area (Å²) in [5.74, 6) is 2.49. The van der Waals surface area contributed by atoms with E-state index in [1.54, 1.807) is 0 Å². The van der Waals surface area contributed by atoms with Crippen LogP contribution in [0.3, 0.4) is 0 Å². The summed E-state index contributed by atoms with van der Waals surface area (Å²) in [5.41, 5.74) is 1.55. The number of aryl methyl sites for hydroxylation is 2. The first-order chi connectivity index (χ1) is 9.58. The van der Waals surface area contributed by atoms with Crippen molar-refractivity contribution in [1.82, 2.24) is 15.1 Å². The van der Waals surface area contributed by atoms with E-state index in [9.17, 15) is 4.79 Å². The molecule has 0 spiro atoms. The molecular formula is C16H25N3O. The van der Waals surface area contributed by atoms with Crippen LogP contribution in [0.4, 0.5) is 0 Å². The molecule has 2 aliphatic rings. The van der Waals surface area contributed by atoms with Gasteiger partial charge in [0.15, 0.2) is 0 Å². The summed E-state index contributed by atoms with van der Waals surface area (Å²) in [5, 5.41) is 7.56. The number of nitrogens with one attached hydrogen (secondary N) is 1. The first kappa shape index (κ1) is 13.7.